The molecule has 2 amide bonds. The van der Waals surface area contributed by atoms with Crippen LogP contribution in [0.2, 0.25) is 0 Å². The van der Waals surface area contributed by atoms with E-state index < -0.39 is 0 Å². The summed E-state index contributed by atoms with van der Waals surface area (Å²) in [6.45, 7) is 5.80. The zero-order valence-corrected chi connectivity index (χ0v) is 11.4. The van der Waals surface area contributed by atoms with Crippen LogP contribution in [0.15, 0.2) is 30.9 Å². The highest BCUT2D eigenvalue weighted by Gasteiger charge is 2.24. The fraction of sp³-hybridized carbons (Fsp3) is 0.333. The molecule has 106 valence electrons. The predicted molar refractivity (Wildman–Crippen MR) is 73.2 cm³/mol. The summed E-state index contributed by atoms with van der Waals surface area (Å²) in [5, 5.41) is 2.83. The van der Waals surface area contributed by atoms with Gasteiger partial charge in [-0.05, 0) is 35.8 Å². The fourth-order valence-electron chi connectivity index (χ4n) is 2.43. The molecule has 5 heteroatoms. The number of amides is 2. The Kier molecular flexibility index (Phi) is 4.17. The molecule has 2 rings (SSSR count). The number of rotatable bonds is 2. The molecule has 1 heterocycles. The Morgan fingerprint density at radius 3 is 2.90 bits per heavy atom. The maximum Gasteiger partial charge on any atom is 0.243 e. The monoisotopic (exact) mass is 276 g/mol. The molecule has 20 heavy (non-hydrogen) atoms. The zero-order chi connectivity index (χ0) is 14.7. The average Bonchev–Trinajstić information content (AvgIpc) is 2.58. The van der Waals surface area contributed by atoms with Crippen LogP contribution in [0.4, 0.5) is 4.39 Å². The Balaban J connectivity index is 2.35. The van der Waals surface area contributed by atoms with Crippen molar-refractivity contribution in [3.8, 4) is 0 Å². The van der Waals surface area contributed by atoms with Gasteiger partial charge in [-0.2, -0.15) is 0 Å². The highest BCUT2D eigenvalue weighted by molar-refractivity contribution is 5.87. The highest BCUT2D eigenvalue weighted by atomic mass is 19.1. The van der Waals surface area contributed by atoms with Crippen LogP contribution >= 0.6 is 0 Å². The van der Waals surface area contributed by atoms with Crippen molar-refractivity contribution in [2.75, 3.05) is 6.54 Å². The summed E-state index contributed by atoms with van der Waals surface area (Å²) in [5.74, 6) is -0.680. The number of carbonyl (C=O) groups excluding carboxylic acids is 2. The third-order valence-electron chi connectivity index (χ3n) is 3.48. The van der Waals surface area contributed by atoms with E-state index in [9.17, 15) is 14.0 Å². The van der Waals surface area contributed by atoms with E-state index in [1.54, 1.807) is 11.0 Å². The number of halogens is 1. The number of benzene rings is 1. The molecule has 1 atom stereocenters. The van der Waals surface area contributed by atoms with Crippen molar-refractivity contribution in [1.82, 2.24) is 10.2 Å². The van der Waals surface area contributed by atoms with Crippen LogP contribution in [0.5, 0.6) is 0 Å². The van der Waals surface area contributed by atoms with Crippen LogP contribution < -0.4 is 5.32 Å². The Labute approximate surface area is 117 Å². The van der Waals surface area contributed by atoms with Crippen molar-refractivity contribution in [2.45, 2.75) is 25.9 Å². The molecule has 0 fully saturated rings. The van der Waals surface area contributed by atoms with E-state index in [-0.39, 0.29) is 23.7 Å². The van der Waals surface area contributed by atoms with Gasteiger partial charge >= 0.3 is 0 Å². The smallest absolute Gasteiger partial charge is 0.243 e. The first-order valence-electron chi connectivity index (χ1n) is 6.48. The van der Waals surface area contributed by atoms with Gasteiger partial charge in [0.25, 0.3) is 0 Å². The predicted octanol–water partition coefficient (Wildman–Crippen LogP) is 1.92. The zero-order valence-electron chi connectivity index (χ0n) is 11.4. The molecule has 4 nitrogen and oxygen atoms in total. The first-order chi connectivity index (χ1) is 9.51. The molecule has 1 aliphatic rings. The molecular formula is C15H17FN2O2. The van der Waals surface area contributed by atoms with E-state index in [2.05, 4.69) is 11.9 Å². The molecular weight excluding hydrogens is 259 g/mol. The second kappa shape index (κ2) is 5.86. The molecule has 1 N–H and O–H groups in total. The van der Waals surface area contributed by atoms with Gasteiger partial charge in [0, 0.05) is 20.0 Å². The van der Waals surface area contributed by atoms with Gasteiger partial charge in [-0.25, -0.2) is 4.39 Å². The van der Waals surface area contributed by atoms with Crippen molar-refractivity contribution in [1.29, 1.82) is 0 Å². The van der Waals surface area contributed by atoms with E-state index in [1.165, 1.54) is 25.1 Å². The largest absolute Gasteiger partial charge is 0.346 e. The lowest BCUT2D eigenvalue weighted by molar-refractivity contribution is -0.129. The summed E-state index contributed by atoms with van der Waals surface area (Å²) in [5.41, 5.74) is 1.58. The van der Waals surface area contributed by atoms with Crippen molar-refractivity contribution in [2.24, 2.45) is 0 Å². The molecule has 0 spiro atoms. The molecule has 0 aliphatic carbocycles. The van der Waals surface area contributed by atoms with E-state index >= 15 is 0 Å². The number of carbonyl (C=O) groups is 2. The molecule has 0 radical (unpaired) electrons. The second-order valence-corrected chi connectivity index (χ2v) is 4.84. The van der Waals surface area contributed by atoms with Crippen molar-refractivity contribution in [3.05, 3.63) is 47.8 Å². The van der Waals surface area contributed by atoms with E-state index in [4.69, 9.17) is 0 Å². The van der Waals surface area contributed by atoms with Gasteiger partial charge < -0.3 is 10.2 Å². The highest BCUT2D eigenvalue weighted by Crippen LogP contribution is 2.27. The maximum atomic E-state index is 13.4. The van der Waals surface area contributed by atoms with E-state index in [1.807, 2.05) is 0 Å². The summed E-state index contributed by atoms with van der Waals surface area (Å²) in [4.78, 5) is 24.7. The average molecular weight is 276 g/mol. The van der Waals surface area contributed by atoms with Crippen LogP contribution in [0.3, 0.4) is 0 Å². The number of hydrogen-bond donors (Lipinski definition) is 1. The summed E-state index contributed by atoms with van der Waals surface area (Å²) < 4.78 is 13.4. The summed E-state index contributed by atoms with van der Waals surface area (Å²) in [7, 11) is 0. The minimum absolute atomic E-state index is 0.0593. The lowest BCUT2D eigenvalue weighted by atomic mass is 9.99. The molecule has 0 bridgehead atoms. The van der Waals surface area contributed by atoms with Crippen LogP contribution in [0.1, 0.15) is 30.5 Å². The van der Waals surface area contributed by atoms with Gasteiger partial charge in [-0.3, -0.25) is 9.59 Å². The first kappa shape index (κ1) is 14.2. The molecule has 0 unspecified atom stereocenters. The third-order valence-corrected chi connectivity index (χ3v) is 3.48. The number of nitrogens with one attached hydrogen (secondary N) is 1. The van der Waals surface area contributed by atoms with Crippen molar-refractivity contribution >= 4 is 11.8 Å². The molecule has 1 aliphatic heterocycles. The number of nitrogens with zero attached hydrogens (tertiary/aromatic N) is 1. The minimum Gasteiger partial charge on any atom is -0.346 e. The Morgan fingerprint density at radius 1 is 1.50 bits per heavy atom. The summed E-state index contributed by atoms with van der Waals surface area (Å²) in [6.07, 6.45) is 1.80. The SMILES string of the molecule is C=CC(=O)N[C@@H]1CCN(C(C)=O)Cc2cc(F)ccc21. The first-order valence-corrected chi connectivity index (χ1v) is 6.48. The van der Waals surface area contributed by atoms with Crippen LogP contribution in [0, 0.1) is 5.82 Å². The molecule has 0 saturated carbocycles. The van der Waals surface area contributed by atoms with Gasteiger partial charge in [0.1, 0.15) is 5.82 Å². The lowest BCUT2D eigenvalue weighted by Gasteiger charge is -2.19. The molecule has 1 aromatic carbocycles. The minimum atomic E-state index is -0.344. The van der Waals surface area contributed by atoms with Crippen LogP contribution in [0.25, 0.3) is 0 Å². The summed E-state index contributed by atoms with van der Waals surface area (Å²) in [6, 6.07) is 4.22. The van der Waals surface area contributed by atoms with Gasteiger partial charge in [0.15, 0.2) is 0 Å². The Morgan fingerprint density at radius 2 is 2.25 bits per heavy atom. The van der Waals surface area contributed by atoms with Crippen LogP contribution in [-0.4, -0.2) is 23.3 Å². The Bertz CT molecular complexity index is 557. The van der Waals surface area contributed by atoms with Crippen molar-refractivity contribution in [3.63, 3.8) is 0 Å². The van der Waals surface area contributed by atoms with Gasteiger partial charge in [0.2, 0.25) is 11.8 Å². The van der Waals surface area contributed by atoms with Gasteiger partial charge in [-0.15, -0.1) is 0 Å². The lowest BCUT2D eigenvalue weighted by Crippen LogP contribution is -2.30. The maximum absolute atomic E-state index is 13.4. The standard InChI is InChI=1S/C15H17FN2O2/c1-3-15(20)17-14-6-7-18(10(2)19)9-11-8-12(16)4-5-13(11)14/h3-5,8,14H,1,6-7,9H2,2H3,(H,17,20)/t14-/m1/s1. The molecule has 0 aromatic heterocycles. The Hall–Kier alpha value is -2.17. The quantitative estimate of drug-likeness (QED) is 0.839. The second-order valence-electron chi connectivity index (χ2n) is 4.84. The number of fused-ring (bicyclic) bond motifs is 1. The topological polar surface area (TPSA) is 49.4 Å². The van der Waals surface area contributed by atoms with Gasteiger partial charge in [0.05, 0.1) is 6.04 Å². The van der Waals surface area contributed by atoms with E-state index in [0.29, 0.717) is 19.5 Å². The van der Waals surface area contributed by atoms with Crippen molar-refractivity contribution < 1.29 is 14.0 Å². The normalized spacial score (nSPS) is 17.9. The van der Waals surface area contributed by atoms with Gasteiger partial charge in [-0.1, -0.05) is 12.6 Å². The molecule has 1 aromatic rings. The van der Waals surface area contributed by atoms with Crippen LogP contribution in [-0.2, 0) is 16.1 Å². The van der Waals surface area contributed by atoms with E-state index in [0.717, 1.165) is 11.1 Å². The number of hydrogen-bond acceptors (Lipinski definition) is 2. The fourth-order valence-corrected chi connectivity index (χ4v) is 2.43. The third kappa shape index (κ3) is 3.04. The molecule has 0 saturated heterocycles. The summed E-state index contributed by atoms with van der Waals surface area (Å²) >= 11 is 0.